The molecule has 0 fully saturated rings. The van der Waals surface area contributed by atoms with Gasteiger partial charge in [-0.2, -0.15) is 0 Å². The van der Waals surface area contributed by atoms with Crippen LogP contribution in [0, 0.1) is 0 Å². The van der Waals surface area contributed by atoms with Crippen molar-refractivity contribution in [3.05, 3.63) is 29.8 Å². The van der Waals surface area contributed by atoms with Crippen LogP contribution in [-0.4, -0.2) is 13.8 Å². The zero-order valence-corrected chi connectivity index (χ0v) is 7.21. The van der Waals surface area contributed by atoms with Crippen LogP contribution >= 0.6 is 0 Å². The fraction of sp³-hybridized carbons (Fsp3) is 0.333. The van der Waals surface area contributed by atoms with Crippen molar-refractivity contribution in [1.29, 1.82) is 0 Å². The molecule has 0 atom stereocenters. The minimum Gasteiger partial charge on any atom is -0.497 e. The predicted molar refractivity (Wildman–Crippen MR) is 48.9 cm³/mol. The molecule has 66 valence electrons. The second-order valence-corrected chi connectivity index (χ2v) is 2.48. The van der Waals surface area contributed by atoms with Crippen molar-refractivity contribution >= 4 is 0 Å². The molecule has 1 aromatic rings. The molecule has 0 aromatic heterocycles. The van der Waals surface area contributed by atoms with Gasteiger partial charge in [0.2, 0.25) is 0 Å². The van der Waals surface area contributed by atoms with E-state index < -0.39 is 0 Å². The highest BCUT2D eigenvalue weighted by atomic mass is 16.5. The van der Waals surface area contributed by atoms with Crippen LogP contribution < -0.4 is 15.8 Å². The summed E-state index contributed by atoms with van der Waals surface area (Å²) >= 11 is 0. The minimum atomic E-state index is 0.497. The van der Waals surface area contributed by atoms with Gasteiger partial charge >= 0.3 is 0 Å². The van der Waals surface area contributed by atoms with E-state index >= 15 is 0 Å². The predicted octanol–water partition coefficient (Wildman–Crippen LogP) is 0.701. The summed E-state index contributed by atoms with van der Waals surface area (Å²) in [5, 5.41) is 3.04. The number of hydrogen-bond donors (Lipinski definition) is 2. The number of nitrogens with one attached hydrogen (secondary N) is 1. The van der Waals surface area contributed by atoms with Crippen molar-refractivity contribution in [3.63, 3.8) is 0 Å². The molecule has 0 aliphatic carbocycles. The van der Waals surface area contributed by atoms with Crippen molar-refractivity contribution in [2.75, 3.05) is 13.8 Å². The van der Waals surface area contributed by atoms with Gasteiger partial charge in [0.05, 0.1) is 7.11 Å². The molecule has 0 radical (unpaired) electrons. The molecule has 0 spiro atoms. The normalized spacial score (nSPS) is 9.83. The van der Waals surface area contributed by atoms with E-state index in [0.29, 0.717) is 6.67 Å². The average molecular weight is 166 g/mol. The number of nitrogens with two attached hydrogens (primary N) is 1. The van der Waals surface area contributed by atoms with E-state index in [4.69, 9.17) is 10.5 Å². The molecular weight excluding hydrogens is 152 g/mol. The van der Waals surface area contributed by atoms with Gasteiger partial charge < -0.3 is 15.8 Å². The fourth-order valence-electron chi connectivity index (χ4n) is 0.999. The smallest absolute Gasteiger partial charge is 0.119 e. The number of methoxy groups -OCH3 is 1. The molecule has 3 heteroatoms. The molecule has 0 aliphatic heterocycles. The zero-order valence-electron chi connectivity index (χ0n) is 7.21. The molecule has 3 nitrogen and oxygen atoms in total. The van der Waals surface area contributed by atoms with E-state index in [9.17, 15) is 0 Å². The lowest BCUT2D eigenvalue weighted by Crippen LogP contribution is -2.21. The average Bonchev–Trinajstić information content (AvgIpc) is 2.15. The highest BCUT2D eigenvalue weighted by molar-refractivity contribution is 5.28. The lowest BCUT2D eigenvalue weighted by molar-refractivity contribution is 0.414. The first-order valence-corrected chi connectivity index (χ1v) is 3.90. The molecule has 3 N–H and O–H groups in total. The van der Waals surface area contributed by atoms with Crippen LogP contribution in [0.4, 0.5) is 0 Å². The van der Waals surface area contributed by atoms with Crippen LogP contribution in [0.25, 0.3) is 0 Å². The summed E-state index contributed by atoms with van der Waals surface area (Å²) in [7, 11) is 1.66. The van der Waals surface area contributed by atoms with Gasteiger partial charge in [0.1, 0.15) is 5.75 Å². The van der Waals surface area contributed by atoms with Gasteiger partial charge in [-0.05, 0) is 17.7 Å². The summed E-state index contributed by atoms with van der Waals surface area (Å²) in [4.78, 5) is 0. The monoisotopic (exact) mass is 166 g/mol. The van der Waals surface area contributed by atoms with E-state index in [1.165, 1.54) is 5.56 Å². The quantitative estimate of drug-likeness (QED) is 0.647. The van der Waals surface area contributed by atoms with Crippen molar-refractivity contribution < 1.29 is 4.74 Å². The maximum atomic E-state index is 5.30. The third kappa shape index (κ3) is 2.53. The molecule has 0 bridgehead atoms. The van der Waals surface area contributed by atoms with Crippen LogP contribution in [0.1, 0.15) is 5.56 Å². The molecule has 12 heavy (non-hydrogen) atoms. The Morgan fingerprint density at radius 2 is 2.33 bits per heavy atom. The van der Waals surface area contributed by atoms with Gasteiger partial charge in [-0.15, -0.1) is 0 Å². The lowest BCUT2D eigenvalue weighted by atomic mass is 10.2. The van der Waals surface area contributed by atoms with Crippen molar-refractivity contribution in [3.8, 4) is 5.75 Å². The molecule has 0 saturated carbocycles. The Hall–Kier alpha value is -1.06. The van der Waals surface area contributed by atoms with E-state index in [1.807, 2.05) is 24.3 Å². The number of hydrogen-bond acceptors (Lipinski definition) is 3. The Morgan fingerprint density at radius 3 is 3.00 bits per heavy atom. The Balaban J connectivity index is 2.60. The summed E-state index contributed by atoms with van der Waals surface area (Å²) in [5.74, 6) is 0.881. The fourth-order valence-corrected chi connectivity index (χ4v) is 0.999. The first-order chi connectivity index (χ1) is 5.86. The highest BCUT2D eigenvalue weighted by Gasteiger charge is 1.93. The third-order valence-electron chi connectivity index (χ3n) is 1.61. The Bertz CT molecular complexity index is 238. The van der Waals surface area contributed by atoms with E-state index in [0.717, 1.165) is 12.3 Å². The van der Waals surface area contributed by atoms with Gasteiger partial charge in [0.25, 0.3) is 0 Å². The van der Waals surface area contributed by atoms with Crippen LogP contribution in [0.2, 0.25) is 0 Å². The molecule has 1 aromatic carbocycles. The zero-order chi connectivity index (χ0) is 8.81. The topological polar surface area (TPSA) is 47.3 Å². The second-order valence-electron chi connectivity index (χ2n) is 2.48. The molecule has 0 amide bonds. The SMILES string of the molecule is COc1cccc(CNCN)c1. The van der Waals surface area contributed by atoms with Crippen LogP contribution in [0.5, 0.6) is 5.75 Å². The first kappa shape index (κ1) is 9.03. The second kappa shape index (κ2) is 4.74. The maximum Gasteiger partial charge on any atom is 0.119 e. The van der Waals surface area contributed by atoms with E-state index in [2.05, 4.69) is 5.32 Å². The van der Waals surface area contributed by atoms with Gasteiger partial charge in [-0.25, -0.2) is 0 Å². The summed E-state index contributed by atoms with van der Waals surface area (Å²) in [6.45, 7) is 1.28. The third-order valence-corrected chi connectivity index (χ3v) is 1.61. The summed E-state index contributed by atoms with van der Waals surface area (Å²) < 4.78 is 5.08. The standard InChI is InChI=1S/C9H14N2O/c1-12-9-4-2-3-8(5-9)6-11-7-10/h2-5,11H,6-7,10H2,1H3. The molecule has 0 aliphatic rings. The van der Waals surface area contributed by atoms with Gasteiger partial charge in [0.15, 0.2) is 0 Å². The largest absolute Gasteiger partial charge is 0.497 e. The van der Waals surface area contributed by atoms with Crippen LogP contribution in [-0.2, 0) is 6.54 Å². The molecular formula is C9H14N2O. The number of benzene rings is 1. The Kier molecular flexibility index (Phi) is 3.57. The first-order valence-electron chi connectivity index (χ1n) is 3.90. The van der Waals surface area contributed by atoms with Crippen molar-refractivity contribution in [1.82, 2.24) is 5.32 Å². The molecule has 1 rings (SSSR count). The van der Waals surface area contributed by atoms with Crippen molar-refractivity contribution in [2.45, 2.75) is 6.54 Å². The molecule has 0 heterocycles. The van der Waals surface area contributed by atoms with Crippen LogP contribution in [0.3, 0.4) is 0 Å². The van der Waals surface area contributed by atoms with E-state index in [-0.39, 0.29) is 0 Å². The Labute approximate surface area is 72.5 Å². The molecule has 0 saturated heterocycles. The minimum absolute atomic E-state index is 0.497. The van der Waals surface area contributed by atoms with Gasteiger partial charge in [0, 0.05) is 13.2 Å². The number of ether oxygens (including phenoxy) is 1. The van der Waals surface area contributed by atoms with E-state index in [1.54, 1.807) is 7.11 Å². The number of rotatable bonds is 4. The molecule has 0 unspecified atom stereocenters. The summed E-state index contributed by atoms with van der Waals surface area (Å²) in [6, 6.07) is 7.91. The Morgan fingerprint density at radius 1 is 1.50 bits per heavy atom. The highest BCUT2D eigenvalue weighted by Crippen LogP contribution is 2.11. The van der Waals surface area contributed by atoms with Crippen LogP contribution in [0.15, 0.2) is 24.3 Å². The van der Waals surface area contributed by atoms with Gasteiger partial charge in [-0.3, -0.25) is 0 Å². The van der Waals surface area contributed by atoms with Gasteiger partial charge in [-0.1, -0.05) is 12.1 Å². The maximum absolute atomic E-state index is 5.30. The van der Waals surface area contributed by atoms with Crippen molar-refractivity contribution in [2.24, 2.45) is 5.73 Å². The summed E-state index contributed by atoms with van der Waals surface area (Å²) in [6.07, 6.45) is 0. The summed E-state index contributed by atoms with van der Waals surface area (Å²) in [5.41, 5.74) is 6.48. The lowest BCUT2D eigenvalue weighted by Gasteiger charge is -2.04.